The molecule has 1 atom stereocenters. The van der Waals surface area contributed by atoms with E-state index in [1.54, 1.807) is 19.2 Å². The Morgan fingerprint density at radius 2 is 1.76 bits per heavy atom. The Morgan fingerprint density at radius 1 is 0.952 bits per heavy atom. The first-order valence-corrected chi connectivity index (χ1v) is 7.21. The molecule has 2 aromatic carbocycles. The summed E-state index contributed by atoms with van der Waals surface area (Å²) in [5.74, 6) is -2.03. The van der Waals surface area contributed by atoms with Crippen molar-refractivity contribution in [1.29, 1.82) is 0 Å². The van der Waals surface area contributed by atoms with E-state index in [0.29, 0.717) is 5.56 Å². The maximum atomic E-state index is 13.4. The Morgan fingerprint density at radius 3 is 2.48 bits per heavy atom. The van der Waals surface area contributed by atoms with Crippen LogP contribution in [0.25, 0.3) is 10.1 Å². The van der Waals surface area contributed by atoms with E-state index in [1.165, 1.54) is 29.5 Å². The van der Waals surface area contributed by atoms with Gasteiger partial charge >= 0.3 is 0 Å². The van der Waals surface area contributed by atoms with Crippen molar-refractivity contribution >= 4 is 21.4 Å². The van der Waals surface area contributed by atoms with Crippen molar-refractivity contribution in [3.8, 4) is 0 Å². The second-order valence-electron chi connectivity index (χ2n) is 4.73. The third-order valence-electron chi connectivity index (χ3n) is 3.35. The number of hydrogen-bond acceptors (Lipinski definition) is 2. The zero-order valence-corrected chi connectivity index (χ0v) is 12.0. The van der Waals surface area contributed by atoms with E-state index < -0.39 is 11.6 Å². The third-order valence-corrected chi connectivity index (χ3v) is 4.51. The van der Waals surface area contributed by atoms with Crippen LogP contribution in [0, 0.1) is 17.5 Å². The number of halogens is 3. The van der Waals surface area contributed by atoms with Gasteiger partial charge in [0.1, 0.15) is 5.82 Å². The molecule has 0 fully saturated rings. The van der Waals surface area contributed by atoms with Gasteiger partial charge in [-0.3, -0.25) is 0 Å². The van der Waals surface area contributed by atoms with Crippen molar-refractivity contribution < 1.29 is 13.2 Å². The molecule has 3 rings (SSSR count). The molecule has 3 aromatic rings. The monoisotopic (exact) mass is 307 g/mol. The van der Waals surface area contributed by atoms with E-state index in [2.05, 4.69) is 5.32 Å². The number of nitrogens with one attached hydrogen (secondary N) is 1. The molecule has 1 N–H and O–H groups in total. The highest BCUT2D eigenvalue weighted by Crippen LogP contribution is 2.33. The topological polar surface area (TPSA) is 12.0 Å². The van der Waals surface area contributed by atoms with Crippen LogP contribution in [0.2, 0.25) is 0 Å². The molecule has 0 amide bonds. The molecule has 108 valence electrons. The zero-order valence-electron chi connectivity index (χ0n) is 11.2. The summed E-state index contributed by atoms with van der Waals surface area (Å²) >= 11 is 1.43. The maximum absolute atomic E-state index is 13.4. The molecule has 0 saturated heterocycles. The molecule has 0 bridgehead atoms. The highest BCUT2D eigenvalue weighted by Gasteiger charge is 2.17. The fourth-order valence-corrected chi connectivity index (χ4v) is 3.56. The van der Waals surface area contributed by atoms with Crippen molar-refractivity contribution in [2.45, 2.75) is 6.04 Å². The number of hydrogen-bond donors (Lipinski definition) is 1. The molecule has 0 saturated carbocycles. The van der Waals surface area contributed by atoms with E-state index in [4.69, 9.17) is 0 Å². The summed E-state index contributed by atoms with van der Waals surface area (Å²) in [6, 6.07) is 10.1. The van der Waals surface area contributed by atoms with Crippen LogP contribution < -0.4 is 5.32 Å². The molecule has 1 nitrogen and oxygen atoms in total. The van der Waals surface area contributed by atoms with Gasteiger partial charge in [-0.15, -0.1) is 11.3 Å². The molecule has 0 radical (unpaired) electrons. The van der Waals surface area contributed by atoms with E-state index >= 15 is 0 Å². The summed E-state index contributed by atoms with van der Waals surface area (Å²) in [5, 5.41) is 4.01. The van der Waals surface area contributed by atoms with Gasteiger partial charge in [0, 0.05) is 9.58 Å². The highest BCUT2D eigenvalue weighted by atomic mass is 32.1. The van der Waals surface area contributed by atoms with Crippen molar-refractivity contribution in [2.24, 2.45) is 0 Å². The smallest absolute Gasteiger partial charge is 0.159 e. The molecule has 0 aliphatic rings. The number of benzene rings is 2. The van der Waals surface area contributed by atoms with Crippen molar-refractivity contribution in [1.82, 2.24) is 5.32 Å². The van der Waals surface area contributed by atoms with Crippen LogP contribution in [-0.2, 0) is 0 Å². The minimum absolute atomic E-state index is 0.263. The van der Waals surface area contributed by atoms with E-state index in [9.17, 15) is 13.2 Å². The fraction of sp³-hybridized carbons (Fsp3) is 0.125. The summed E-state index contributed by atoms with van der Waals surface area (Å²) < 4.78 is 40.5. The van der Waals surface area contributed by atoms with Crippen molar-refractivity contribution in [3.63, 3.8) is 0 Å². The Balaban J connectivity index is 2.06. The van der Waals surface area contributed by atoms with Gasteiger partial charge in [-0.25, -0.2) is 13.2 Å². The maximum Gasteiger partial charge on any atom is 0.159 e. The van der Waals surface area contributed by atoms with E-state index in [1.807, 2.05) is 6.07 Å². The van der Waals surface area contributed by atoms with Gasteiger partial charge in [0.2, 0.25) is 0 Å². The van der Waals surface area contributed by atoms with E-state index in [-0.39, 0.29) is 11.9 Å². The van der Waals surface area contributed by atoms with Crippen LogP contribution in [0.5, 0.6) is 0 Å². The average Bonchev–Trinajstić information content (AvgIpc) is 2.86. The highest BCUT2D eigenvalue weighted by molar-refractivity contribution is 7.19. The molecule has 21 heavy (non-hydrogen) atoms. The number of rotatable bonds is 3. The molecule has 5 heteroatoms. The van der Waals surface area contributed by atoms with Crippen LogP contribution in [0.4, 0.5) is 13.2 Å². The SMILES string of the molecule is CNC(c1ccc(F)c(F)c1)c1cc2ccc(F)cc2s1. The molecule has 1 aromatic heterocycles. The molecule has 1 unspecified atom stereocenters. The summed E-state index contributed by atoms with van der Waals surface area (Å²) in [4.78, 5) is 0.920. The first-order chi connectivity index (χ1) is 10.1. The minimum Gasteiger partial charge on any atom is -0.309 e. The fourth-order valence-electron chi connectivity index (χ4n) is 2.33. The Hall–Kier alpha value is -1.85. The molecular formula is C16H12F3NS. The second-order valence-corrected chi connectivity index (χ2v) is 5.84. The molecular weight excluding hydrogens is 295 g/mol. The summed E-state index contributed by atoms with van der Waals surface area (Å²) in [6.45, 7) is 0. The predicted molar refractivity (Wildman–Crippen MR) is 79.0 cm³/mol. The normalized spacial score (nSPS) is 12.8. The molecule has 0 spiro atoms. The lowest BCUT2D eigenvalue weighted by Gasteiger charge is -2.15. The summed E-state index contributed by atoms with van der Waals surface area (Å²) in [5.41, 5.74) is 0.628. The summed E-state index contributed by atoms with van der Waals surface area (Å²) in [7, 11) is 1.75. The van der Waals surface area contributed by atoms with Crippen molar-refractivity contribution in [2.75, 3.05) is 7.05 Å². The zero-order chi connectivity index (χ0) is 15.0. The Labute approximate surface area is 124 Å². The Bertz CT molecular complexity index is 797. The first kappa shape index (κ1) is 14.1. The van der Waals surface area contributed by atoms with Gasteiger partial charge in [0.25, 0.3) is 0 Å². The van der Waals surface area contributed by atoms with Gasteiger partial charge < -0.3 is 5.32 Å². The second kappa shape index (κ2) is 5.50. The molecule has 1 heterocycles. The molecule has 0 aliphatic heterocycles. The van der Waals surface area contributed by atoms with Crippen LogP contribution in [0.3, 0.4) is 0 Å². The van der Waals surface area contributed by atoms with Gasteiger partial charge in [0.05, 0.1) is 6.04 Å². The Kier molecular flexibility index (Phi) is 3.69. The minimum atomic E-state index is -0.875. The number of fused-ring (bicyclic) bond motifs is 1. The van der Waals surface area contributed by atoms with E-state index in [0.717, 1.165) is 21.0 Å². The lowest BCUT2D eigenvalue weighted by Crippen LogP contribution is -2.16. The van der Waals surface area contributed by atoms with Gasteiger partial charge in [0.15, 0.2) is 11.6 Å². The van der Waals surface area contributed by atoms with Crippen LogP contribution >= 0.6 is 11.3 Å². The lowest BCUT2D eigenvalue weighted by atomic mass is 10.0. The lowest BCUT2D eigenvalue weighted by molar-refractivity contribution is 0.505. The summed E-state index contributed by atoms with van der Waals surface area (Å²) in [6.07, 6.45) is 0. The molecule has 0 aliphatic carbocycles. The standard InChI is InChI=1S/C16H12F3NS/c1-20-16(10-3-5-12(18)13(19)6-10)15-7-9-2-4-11(17)8-14(9)21-15/h2-8,16,20H,1H3. The van der Waals surface area contributed by atoms with Crippen molar-refractivity contribution in [3.05, 3.63) is 70.4 Å². The number of thiophene rings is 1. The largest absolute Gasteiger partial charge is 0.309 e. The van der Waals surface area contributed by atoms with Gasteiger partial charge in [-0.2, -0.15) is 0 Å². The van der Waals surface area contributed by atoms with Crippen LogP contribution in [-0.4, -0.2) is 7.05 Å². The quantitative estimate of drug-likeness (QED) is 0.744. The van der Waals surface area contributed by atoms with Crippen LogP contribution in [0.1, 0.15) is 16.5 Å². The average molecular weight is 307 g/mol. The van der Waals surface area contributed by atoms with Gasteiger partial charge in [-0.1, -0.05) is 12.1 Å². The first-order valence-electron chi connectivity index (χ1n) is 6.39. The van der Waals surface area contributed by atoms with Crippen LogP contribution in [0.15, 0.2) is 42.5 Å². The predicted octanol–water partition coefficient (Wildman–Crippen LogP) is 4.63. The van der Waals surface area contributed by atoms with Gasteiger partial charge in [-0.05, 0) is 48.3 Å². The third kappa shape index (κ3) is 2.66.